The number of aliphatic carboxylic acids is 1. The summed E-state index contributed by atoms with van der Waals surface area (Å²) in [6.45, 7) is 3.12. The smallest absolute Gasteiger partial charge is 0.325 e. The molecule has 0 fully saturated rings. The minimum Gasteiger partial charge on any atom is -0.480 e. The van der Waals surface area contributed by atoms with Crippen molar-refractivity contribution in [1.82, 2.24) is 5.32 Å². The first-order chi connectivity index (χ1) is 12.7. The van der Waals surface area contributed by atoms with E-state index in [4.69, 9.17) is 5.11 Å². The number of rotatable bonds is 8. The van der Waals surface area contributed by atoms with Crippen LogP contribution in [0.2, 0.25) is 0 Å². The third-order valence-electron chi connectivity index (χ3n) is 3.94. The van der Waals surface area contributed by atoms with E-state index in [0.717, 1.165) is 9.87 Å². The van der Waals surface area contributed by atoms with Crippen molar-refractivity contribution >= 4 is 27.6 Å². The minimum absolute atomic E-state index is 0.113. The van der Waals surface area contributed by atoms with E-state index in [2.05, 4.69) is 5.32 Å². The van der Waals surface area contributed by atoms with Crippen molar-refractivity contribution < 1.29 is 23.1 Å². The molecule has 1 amide bonds. The monoisotopic (exact) mass is 390 g/mol. The molecule has 2 aromatic carbocycles. The molecule has 2 aromatic rings. The van der Waals surface area contributed by atoms with E-state index in [9.17, 15) is 18.0 Å². The fourth-order valence-corrected chi connectivity index (χ4v) is 3.88. The van der Waals surface area contributed by atoms with Crippen LogP contribution in [0.25, 0.3) is 0 Å². The Morgan fingerprint density at radius 3 is 2.22 bits per heavy atom. The standard InChI is InChI=1S/C19H22N2O5S/c1-14-8-10-16(11-9-14)21(13-12-18(22)20-15(2)19(23)24)27(25,26)17-6-4-3-5-7-17/h3-11,15H,12-13H2,1-2H3,(H,20,22)(H,23,24)/t15-/m1/s1. The van der Waals surface area contributed by atoms with E-state index in [1.165, 1.54) is 19.1 Å². The number of benzene rings is 2. The Morgan fingerprint density at radius 1 is 1.07 bits per heavy atom. The molecule has 1 atom stereocenters. The molecular formula is C19H22N2O5S. The normalized spacial score (nSPS) is 12.2. The number of anilines is 1. The Morgan fingerprint density at radius 2 is 1.67 bits per heavy atom. The van der Waals surface area contributed by atoms with Crippen LogP contribution in [0.4, 0.5) is 5.69 Å². The quantitative estimate of drug-likeness (QED) is 0.719. The zero-order chi connectivity index (χ0) is 20.0. The van der Waals surface area contributed by atoms with Crippen LogP contribution in [0.15, 0.2) is 59.5 Å². The summed E-state index contributed by atoms with van der Waals surface area (Å²) in [5.41, 5.74) is 1.41. The molecule has 0 aliphatic carbocycles. The van der Waals surface area contributed by atoms with Crippen LogP contribution in [-0.4, -0.2) is 38.0 Å². The van der Waals surface area contributed by atoms with Gasteiger partial charge in [0.1, 0.15) is 6.04 Å². The lowest BCUT2D eigenvalue weighted by atomic mass is 10.2. The Labute approximate surface area is 158 Å². The number of sulfonamides is 1. The van der Waals surface area contributed by atoms with Crippen LogP contribution >= 0.6 is 0 Å². The van der Waals surface area contributed by atoms with Gasteiger partial charge in [-0.1, -0.05) is 35.9 Å². The molecule has 0 spiro atoms. The second-order valence-corrected chi connectivity index (χ2v) is 7.97. The third kappa shape index (κ3) is 5.30. The molecule has 2 rings (SSSR count). The lowest BCUT2D eigenvalue weighted by molar-refractivity contribution is -0.141. The molecule has 0 heterocycles. The first kappa shape index (κ1) is 20.4. The molecule has 0 saturated heterocycles. The van der Waals surface area contributed by atoms with E-state index >= 15 is 0 Å². The SMILES string of the molecule is Cc1ccc(N(CCC(=O)N[C@H](C)C(=O)O)S(=O)(=O)c2ccccc2)cc1. The van der Waals surface area contributed by atoms with Crippen LogP contribution in [0.1, 0.15) is 18.9 Å². The van der Waals surface area contributed by atoms with Gasteiger partial charge in [0.25, 0.3) is 10.0 Å². The van der Waals surface area contributed by atoms with Gasteiger partial charge >= 0.3 is 5.97 Å². The highest BCUT2D eigenvalue weighted by Gasteiger charge is 2.25. The zero-order valence-corrected chi connectivity index (χ0v) is 15.9. The van der Waals surface area contributed by atoms with Crippen molar-refractivity contribution in [2.75, 3.05) is 10.8 Å². The second-order valence-electron chi connectivity index (χ2n) is 6.10. The number of carboxylic acids is 1. The maximum atomic E-state index is 13.1. The van der Waals surface area contributed by atoms with Gasteiger partial charge in [-0.05, 0) is 38.1 Å². The summed E-state index contributed by atoms with van der Waals surface area (Å²) >= 11 is 0. The number of aryl methyl sites for hydroxylation is 1. The molecule has 144 valence electrons. The molecule has 8 heteroatoms. The van der Waals surface area contributed by atoms with Crippen molar-refractivity contribution in [1.29, 1.82) is 0 Å². The number of hydrogen-bond acceptors (Lipinski definition) is 4. The van der Waals surface area contributed by atoms with E-state index in [-0.39, 0.29) is 17.9 Å². The lowest BCUT2D eigenvalue weighted by Gasteiger charge is -2.24. The van der Waals surface area contributed by atoms with E-state index in [1.807, 2.05) is 6.92 Å². The molecule has 0 unspecified atom stereocenters. The fraction of sp³-hybridized carbons (Fsp3) is 0.263. The van der Waals surface area contributed by atoms with Gasteiger partial charge < -0.3 is 10.4 Å². The van der Waals surface area contributed by atoms with Crippen LogP contribution in [0, 0.1) is 6.92 Å². The number of carbonyl (C=O) groups excluding carboxylic acids is 1. The first-order valence-corrected chi connectivity index (χ1v) is 9.82. The average Bonchev–Trinajstić information content (AvgIpc) is 2.63. The number of nitrogens with zero attached hydrogens (tertiary/aromatic N) is 1. The number of hydrogen-bond donors (Lipinski definition) is 2. The summed E-state index contributed by atoms with van der Waals surface area (Å²) in [7, 11) is -3.87. The largest absolute Gasteiger partial charge is 0.480 e. The van der Waals surface area contributed by atoms with Gasteiger partial charge in [-0.15, -0.1) is 0 Å². The van der Waals surface area contributed by atoms with E-state index in [0.29, 0.717) is 5.69 Å². The zero-order valence-electron chi connectivity index (χ0n) is 15.1. The molecule has 0 bridgehead atoms. The van der Waals surface area contributed by atoms with Crippen LogP contribution in [-0.2, 0) is 19.6 Å². The second kappa shape index (κ2) is 8.68. The Hall–Kier alpha value is -2.87. The Balaban J connectivity index is 2.27. The lowest BCUT2D eigenvalue weighted by Crippen LogP contribution is -2.41. The van der Waals surface area contributed by atoms with E-state index in [1.54, 1.807) is 42.5 Å². The summed E-state index contributed by atoms with van der Waals surface area (Å²) < 4.78 is 27.3. The van der Waals surface area contributed by atoms with Gasteiger partial charge in [-0.3, -0.25) is 13.9 Å². The topological polar surface area (TPSA) is 104 Å². The molecule has 0 aliphatic rings. The highest BCUT2D eigenvalue weighted by Crippen LogP contribution is 2.24. The van der Waals surface area contributed by atoms with Gasteiger partial charge in [0.2, 0.25) is 5.91 Å². The molecule has 0 saturated carbocycles. The van der Waals surface area contributed by atoms with Crippen molar-refractivity contribution in [2.45, 2.75) is 31.2 Å². The molecule has 0 aliphatic heterocycles. The molecule has 27 heavy (non-hydrogen) atoms. The fourth-order valence-electron chi connectivity index (χ4n) is 2.40. The van der Waals surface area contributed by atoms with Crippen LogP contribution in [0.5, 0.6) is 0 Å². The van der Waals surface area contributed by atoms with Gasteiger partial charge in [0.05, 0.1) is 10.6 Å². The predicted molar refractivity (Wildman–Crippen MR) is 102 cm³/mol. The summed E-state index contributed by atoms with van der Waals surface area (Å²) in [6, 6.07) is 13.8. The highest BCUT2D eigenvalue weighted by atomic mass is 32.2. The average molecular weight is 390 g/mol. The van der Waals surface area contributed by atoms with Gasteiger partial charge in [-0.25, -0.2) is 8.42 Å². The number of carbonyl (C=O) groups is 2. The van der Waals surface area contributed by atoms with E-state index < -0.39 is 27.9 Å². The molecule has 0 radical (unpaired) electrons. The van der Waals surface area contributed by atoms with Crippen molar-refractivity contribution in [3.8, 4) is 0 Å². The summed E-state index contributed by atoms with van der Waals surface area (Å²) in [5.74, 6) is -1.69. The van der Waals surface area contributed by atoms with Crippen LogP contribution < -0.4 is 9.62 Å². The highest BCUT2D eigenvalue weighted by molar-refractivity contribution is 7.92. The number of nitrogens with one attached hydrogen (secondary N) is 1. The van der Waals surface area contributed by atoms with Crippen molar-refractivity contribution in [2.24, 2.45) is 0 Å². The Bertz CT molecular complexity index is 895. The molecule has 2 N–H and O–H groups in total. The summed E-state index contributed by atoms with van der Waals surface area (Å²) in [4.78, 5) is 23.0. The molecule has 0 aromatic heterocycles. The minimum atomic E-state index is -3.87. The van der Waals surface area contributed by atoms with Gasteiger partial charge in [-0.2, -0.15) is 0 Å². The van der Waals surface area contributed by atoms with Gasteiger partial charge in [0, 0.05) is 13.0 Å². The third-order valence-corrected chi connectivity index (χ3v) is 5.78. The number of carboxylic acid groups (broad SMARTS) is 1. The Kier molecular flexibility index (Phi) is 6.57. The van der Waals surface area contributed by atoms with Gasteiger partial charge in [0.15, 0.2) is 0 Å². The van der Waals surface area contributed by atoms with Crippen LogP contribution in [0.3, 0.4) is 0 Å². The predicted octanol–water partition coefficient (Wildman–Crippen LogP) is 2.17. The summed E-state index contributed by atoms with van der Waals surface area (Å²) in [6.07, 6.45) is -0.169. The van der Waals surface area contributed by atoms with Crippen molar-refractivity contribution in [3.63, 3.8) is 0 Å². The first-order valence-electron chi connectivity index (χ1n) is 8.38. The number of amides is 1. The molecular weight excluding hydrogens is 368 g/mol. The van der Waals surface area contributed by atoms with Crippen molar-refractivity contribution in [3.05, 3.63) is 60.2 Å². The maximum Gasteiger partial charge on any atom is 0.325 e. The summed E-state index contributed by atoms with van der Waals surface area (Å²) in [5, 5.41) is 11.2. The molecule has 7 nitrogen and oxygen atoms in total. The maximum absolute atomic E-state index is 13.1.